The molecule has 0 bridgehead atoms. The summed E-state index contributed by atoms with van der Waals surface area (Å²) in [6, 6.07) is 0. The molecule has 8 unspecified atom stereocenters. The molecule has 0 aromatic rings. The molecule has 2 heteroatoms. The summed E-state index contributed by atoms with van der Waals surface area (Å²) in [5, 5.41) is 11.1. The van der Waals surface area contributed by atoms with Gasteiger partial charge in [0.25, 0.3) is 0 Å². The Hall–Kier alpha value is -0.0800. The van der Waals surface area contributed by atoms with Gasteiger partial charge in [-0.05, 0) is 85.9 Å². The summed E-state index contributed by atoms with van der Waals surface area (Å²) in [6.07, 6.45) is 12.0. The fourth-order valence-electron chi connectivity index (χ4n) is 7.65. The van der Waals surface area contributed by atoms with Crippen LogP contribution in [0.2, 0.25) is 0 Å². The molecule has 1 N–H and O–H groups in total. The van der Waals surface area contributed by atoms with Crippen LogP contribution in [0.1, 0.15) is 71.6 Å². The van der Waals surface area contributed by atoms with Crippen molar-refractivity contribution >= 4 is 0 Å². The second-order valence-electron chi connectivity index (χ2n) is 9.53. The minimum absolute atomic E-state index is 0.0762. The van der Waals surface area contributed by atoms with Crippen molar-refractivity contribution in [3.05, 3.63) is 0 Å². The molecule has 8 atom stereocenters. The van der Waals surface area contributed by atoms with Crippen molar-refractivity contribution in [3.8, 4) is 0 Å². The maximum absolute atomic E-state index is 11.1. The molecule has 0 aromatic carbocycles. The van der Waals surface area contributed by atoms with Crippen LogP contribution in [0.25, 0.3) is 0 Å². The lowest BCUT2D eigenvalue weighted by atomic mass is 9.44. The number of aliphatic hydroxyl groups is 1. The summed E-state index contributed by atoms with van der Waals surface area (Å²) in [7, 11) is 1.87. The van der Waals surface area contributed by atoms with Gasteiger partial charge in [-0.1, -0.05) is 20.3 Å². The SMILES string of the molecule is COC1CCC2CCC3C4CCCC4(C)CC(O)C3C2(C)C1. The van der Waals surface area contributed by atoms with Crippen molar-refractivity contribution in [3.63, 3.8) is 0 Å². The Morgan fingerprint density at radius 1 is 1.00 bits per heavy atom. The number of hydrogen-bond acceptors (Lipinski definition) is 2. The van der Waals surface area contributed by atoms with Crippen LogP contribution in [0.4, 0.5) is 0 Å². The molecule has 0 aliphatic heterocycles. The van der Waals surface area contributed by atoms with Crippen molar-refractivity contribution in [2.45, 2.75) is 83.8 Å². The zero-order chi connectivity index (χ0) is 15.5. The number of hydrogen-bond donors (Lipinski definition) is 1. The van der Waals surface area contributed by atoms with Gasteiger partial charge < -0.3 is 9.84 Å². The molecular weight excluding hydrogens is 272 g/mol. The Balaban J connectivity index is 1.67. The van der Waals surface area contributed by atoms with E-state index in [0.29, 0.717) is 22.9 Å². The van der Waals surface area contributed by atoms with Crippen molar-refractivity contribution in [2.75, 3.05) is 7.11 Å². The molecule has 126 valence electrons. The zero-order valence-electron chi connectivity index (χ0n) is 14.7. The first kappa shape index (κ1) is 15.4. The lowest BCUT2D eigenvalue weighted by Gasteiger charge is -2.62. The van der Waals surface area contributed by atoms with E-state index >= 15 is 0 Å². The first-order valence-electron chi connectivity index (χ1n) is 9.69. The average Bonchev–Trinajstić information content (AvgIpc) is 2.86. The van der Waals surface area contributed by atoms with Gasteiger partial charge in [-0.2, -0.15) is 0 Å². The molecule has 0 aromatic heterocycles. The van der Waals surface area contributed by atoms with Crippen LogP contribution >= 0.6 is 0 Å². The van der Waals surface area contributed by atoms with Gasteiger partial charge in [0.15, 0.2) is 0 Å². The van der Waals surface area contributed by atoms with Crippen molar-refractivity contribution in [1.82, 2.24) is 0 Å². The first-order valence-corrected chi connectivity index (χ1v) is 9.69. The standard InChI is InChI=1S/C20H34O2/c1-19-10-4-5-16(19)15-9-7-13-6-8-14(22-3)11-20(13,2)18(15)17(21)12-19/h13-18,21H,4-12H2,1-3H3. The smallest absolute Gasteiger partial charge is 0.0581 e. The molecule has 4 saturated carbocycles. The van der Waals surface area contributed by atoms with Crippen LogP contribution in [0.3, 0.4) is 0 Å². The monoisotopic (exact) mass is 306 g/mol. The normalized spacial score (nSPS) is 57.8. The highest BCUT2D eigenvalue weighted by Gasteiger charge is 2.61. The zero-order valence-corrected chi connectivity index (χ0v) is 14.7. The number of rotatable bonds is 1. The third-order valence-electron chi connectivity index (χ3n) is 8.61. The number of ether oxygens (including phenoxy) is 1. The number of fused-ring (bicyclic) bond motifs is 5. The van der Waals surface area contributed by atoms with Crippen LogP contribution in [0.5, 0.6) is 0 Å². The van der Waals surface area contributed by atoms with Crippen LogP contribution in [-0.4, -0.2) is 24.4 Å². The molecule has 0 saturated heterocycles. The lowest BCUT2D eigenvalue weighted by Crippen LogP contribution is -2.58. The van der Waals surface area contributed by atoms with E-state index in [1.54, 1.807) is 0 Å². The van der Waals surface area contributed by atoms with Crippen molar-refractivity contribution in [2.24, 2.45) is 34.5 Å². The van der Waals surface area contributed by atoms with E-state index < -0.39 is 0 Å². The highest BCUT2D eigenvalue weighted by Crippen LogP contribution is 2.66. The van der Waals surface area contributed by atoms with Crippen LogP contribution in [0.15, 0.2) is 0 Å². The Labute approximate surface area is 136 Å². The Morgan fingerprint density at radius 3 is 2.55 bits per heavy atom. The molecule has 22 heavy (non-hydrogen) atoms. The van der Waals surface area contributed by atoms with E-state index in [2.05, 4.69) is 13.8 Å². The first-order chi connectivity index (χ1) is 10.5. The van der Waals surface area contributed by atoms with Crippen LogP contribution in [0, 0.1) is 34.5 Å². The highest BCUT2D eigenvalue weighted by molar-refractivity contribution is 5.10. The molecule has 0 heterocycles. The molecule has 0 spiro atoms. The second-order valence-corrected chi connectivity index (χ2v) is 9.53. The van der Waals surface area contributed by atoms with Gasteiger partial charge >= 0.3 is 0 Å². The van der Waals surface area contributed by atoms with Gasteiger partial charge in [0.1, 0.15) is 0 Å². The molecular formula is C20H34O2. The van der Waals surface area contributed by atoms with E-state index in [1.807, 2.05) is 7.11 Å². The molecule has 4 aliphatic carbocycles. The van der Waals surface area contributed by atoms with E-state index in [0.717, 1.165) is 24.2 Å². The summed E-state index contributed by atoms with van der Waals surface area (Å²) >= 11 is 0. The third-order valence-corrected chi connectivity index (χ3v) is 8.61. The van der Waals surface area contributed by atoms with Gasteiger partial charge in [0.2, 0.25) is 0 Å². The topological polar surface area (TPSA) is 29.5 Å². The van der Waals surface area contributed by atoms with E-state index in [-0.39, 0.29) is 6.10 Å². The van der Waals surface area contributed by atoms with Gasteiger partial charge in [-0.25, -0.2) is 0 Å². The third kappa shape index (κ3) is 2.05. The predicted octanol–water partition coefficient (Wildman–Crippen LogP) is 4.41. The van der Waals surface area contributed by atoms with Crippen LogP contribution < -0.4 is 0 Å². The minimum Gasteiger partial charge on any atom is -0.393 e. The molecule has 4 aliphatic rings. The molecule has 0 radical (unpaired) electrons. The summed E-state index contributed by atoms with van der Waals surface area (Å²) in [5.74, 6) is 3.00. The maximum Gasteiger partial charge on any atom is 0.0581 e. The molecule has 4 fully saturated rings. The Morgan fingerprint density at radius 2 is 1.77 bits per heavy atom. The summed E-state index contributed by atoms with van der Waals surface area (Å²) in [4.78, 5) is 0. The highest BCUT2D eigenvalue weighted by atomic mass is 16.5. The molecule has 0 amide bonds. The number of aliphatic hydroxyl groups excluding tert-OH is 1. The number of methoxy groups -OCH3 is 1. The lowest BCUT2D eigenvalue weighted by molar-refractivity contribution is -0.177. The fourth-order valence-corrected chi connectivity index (χ4v) is 7.65. The van der Waals surface area contributed by atoms with Gasteiger partial charge in [-0.3, -0.25) is 0 Å². The van der Waals surface area contributed by atoms with Crippen molar-refractivity contribution in [1.29, 1.82) is 0 Å². The van der Waals surface area contributed by atoms with Crippen molar-refractivity contribution < 1.29 is 9.84 Å². The second kappa shape index (κ2) is 5.21. The predicted molar refractivity (Wildman–Crippen MR) is 88.5 cm³/mol. The quantitative estimate of drug-likeness (QED) is 0.778. The van der Waals surface area contributed by atoms with E-state index in [1.165, 1.54) is 51.4 Å². The van der Waals surface area contributed by atoms with Gasteiger partial charge in [0, 0.05) is 7.11 Å². The fraction of sp³-hybridized carbons (Fsp3) is 1.00. The largest absolute Gasteiger partial charge is 0.393 e. The van der Waals surface area contributed by atoms with E-state index in [4.69, 9.17) is 4.74 Å². The molecule has 2 nitrogen and oxygen atoms in total. The average molecular weight is 306 g/mol. The summed E-state index contributed by atoms with van der Waals surface area (Å²) in [5.41, 5.74) is 0.740. The maximum atomic E-state index is 11.1. The van der Waals surface area contributed by atoms with Crippen LogP contribution in [-0.2, 0) is 4.74 Å². The van der Waals surface area contributed by atoms with Gasteiger partial charge in [-0.15, -0.1) is 0 Å². The Kier molecular flexibility index (Phi) is 3.66. The molecule has 4 rings (SSSR count). The van der Waals surface area contributed by atoms with Gasteiger partial charge in [0.05, 0.1) is 12.2 Å². The Bertz CT molecular complexity index is 435. The minimum atomic E-state index is -0.0762. The summed E-state index contributed by atoms with van der Waals surface area (Å²) < 4.78 is 5.75. The van der Waals surface area contributed by atoms with E-state index in [9.17, 15) is 5.11 Å². The summed E-state index contributed by atoms with van der Waals surface area (Å²) in [6.45, 7) is 4.97.